The minimum absolute atomic E-state index is 0.0392. The van der Waals surface area contributed by atoms with Gasteiger partial charge in [0.15, 0.2) is 0 Å². The standard InChI is InChI=1S/C23H25NO6/c1-22-12-28-23(29-13-22,30-14-22)20(10-25)24-21(26)27-11-19-17-8-4-2-6-15(17)16-7-3-5-9-18(16)19/h2-9,19-20,25H,10-14H2,1H3,(H,24,26)/t20-,22?,23?/m0/s1. The average molecular weight is 411 g/mol. The van der Waals surface area contributed by atoms with Gasteiger partial charge in [0.2, 0.25) is 0 Å². The third-order valence-corrected chi connectivity index (χ3v) is 6.11. The van der Waals surface area contributed by atoms with Crippen LogP contribution in [0, 0.1) is 5.41 Å². The second kappa shape index (κ2) is 7.35. The maximum absolute atomic E-state index is 12.6. The highest BCUT2D eigenvalue weighted by atomic mass is 16.9. The highest BCUT2D eigenvalue weighted by molar-refractivity contribution is 5.79. The van der Waals surface area contributed by atoms with Crippen LogP contribution in [0.15, 0.2) is 48.5 Å². The summed E-state index contributed by atoms with van der Waals surface area (Å²) in [6.07, 6.45) is -0.653. The first-order valence-electron chi connectivity index (χ1n) is 10.2. The molecule has 3 heterocycles. The molecule has 0 aromatic heterocycles. The Morgan fingerprint density at radius 2 is 1.60 bits per heavy atom. The predicted octanol–water partition coefficient (Wildman–Crippen LogP) is 2.62. The molecule has 3 aliphatic heterocycles. The lowest BCUT2D eigenvalue weighted by Gasteiger charge is -2.52. The molecule has 7 heteroatoms. The Bertz CT molecular complexity index is 890. The van der Waals surface area contributed by atoms with Gasteiger partial charge in [-0.3, -0.25) is 0 Å². The Hall–Kier alpha value is -2.45. The lowest BCUT2D eigenvalue weighted by Crippen LogP contribution is -2.68. The van der Waals surface area contributed by atoms with Crippen LogP contribution >= 0.6 is 0 Å². The van der Waals surface area contributed by atoms with Gasteiger partial charge in [-0.1, -0.05) is 55.5 Å². The normalized spacial score (nSPS) is 27.9. The number of nitrogens with one attached hydrogen (secondary N) is 1. The summed E-state index contributed by atoms with van der Waals surface area (Å²) in [4.78, 5) is 12.6. The smallest absolute Gasteiger partial charge is 0.407 e. The third-order valence-electron chi connectivity index (χ3n) is 6.11. The van der Waals surface area contributed by atoms with E-state index in [2.05, 4.69) is 29.6 Å². The Kier molecular flexibility index (Phi) is 4.78. The van der Waals surface area contributed by atoms with E-state index in [9.17, 15) is 9.90 Å². The molecule has 2 N–H and O–H groups in total. The maximum atomic E-state index is 12.6. The molecule has 0 unspecified atom stereocenters. The van der Waals surface area contributed by atoms with Crippen molar-refractivity contribution in [3.63, 3.8) is 0 Å². The predicted molar refractivity (Wildman–Crippen MR) is 108 cm³/mol. The van der Waals surface area contributed by atoms with E-state index in [1.54, 1.807) is 0 Å². The molecule has 6 rings (SSSR count). The minimum Gasteiger partial charge on any atom is -0.449 e. The Morgan fingerprint density at radius 1 is 1.07 bits per heavy atom. The molecule has 3 saturated heterocycles. The van der Waals surface area contributed by atoms with Crippen LogP contribution in [0.2, 0.25) is 0 Å². The van der Waals surface area contributed by atoms with Crippen LogP contribution in [-0.2, 0) is 18.9 Å². The van der Waals surface area contributed by atoms with Crippen LogP contribution < -0.4 is 5.32 Å². The summed E-state index contributed by atoms with van der Waals surface area (Å²) in [7, 11) is 0. The number of alkyl carbamates (subject to hydrolysis) is 1. The maximum Gasteiger partial charge on any atom is 0.407 e. The van der Waals surface area contributed by atoms with Crippen molar-refractivity contribution in [1.82, 2.24) is 5.32 Å². The van der Waals surface area contributed by atoms with Crippen LogP contribution in [0.1, 0.15) is 24.0 Å². The summed E-state index contributed by atoms with van der Waals surface area (Å²) in [6, 6.07) is 15.4. The molecule has 0 radical (unpaired) electrons. The fourth-order valence-corrected chi connectivity index (χ4v) is 4.40. The van der Waals surface area contributed by atoms with E-state index in [0.717, 1.165) is 22.3 Å². The van der Waals surface area contributed by atoms with Crippen LogP contribution in [0.5, 0.6) is 0 Å². The van der Waals surface area contributed by atoms with Crippen LogP contribution in [0.4, 0.5) is 4.79 Å². The van der Waals surface area contributed by atoms with E-state index in [4.69, 9.17) is 18.9 Å². The molecule has 7 nitrogen and oxygen atoms in total. The number of rotatable bonds is 5. The zero-order chi connectivity index (χ0) is 20.8. The van der Waals surface area contributed by atoms with Crippen LogP contribution in [0.25, 0.3) is 11.1 Å². The van der Waals surface area contributed by atoms with Gasteiger partial charge in [-0.25, -0.2) is 4.79 Å². The molecular weight excluding hydrogens is 386 g/mol. The van der Waals surface area contributed by atoms with Gasteiger partial charge in [-0.2, -0.15) is 0 Å². The molecular formula is C23H25NO6. The third kappa shape index (κ3) is 3.18. The first-order valence-corrected chi connectivity index (χ1v) is 10.2. The fourth-order valence-electron chi connectivity index (χ4n) is 4.40. The summed E-state index contributed by atoms with van der Waals surface area (Å²) >= 11 is 0. The summed E-state index contributed by atoms with van der Waals surface area (Å²) < 4.78 is 22.7. The van der Waals surface area contributed by atoms with Gasteiger partial charge in [0.05, 0.1) is 26.4 Å². The summed E-state index contributed by atoms with van der Waals surface area (Å²) in [5.41, 5.74) is 4.40. The van der Waals surface area contributed by atoms with Crippen LogP contribution in [-0.4, -0.2) is 56.2 Å². The number of carbonyl (C=O) groups excluding carboxylic acids is 1. The van der Waals surface area contributed by atoms with Gasteiger partial charge in [0, 0.05) is 11.3 Å². The van der Waals surface area contributed by atoms with Gasteiger partial charge in [0.1, 0.15) is 12.6 Å². The molecule has 4 aliphatic rings. The van der Waals surface area contributed by atoms with E-state index in [0.29, 0.717) is 19.8 Å². The van der Waals surface area contributed by atoms with Crippen molar-refractivity contribution in [3.05, 3.63) is 59.7 Å². The second-order valence-electron chi connectivity index (χ2n) is 8.49. The number of carbonyl (C=O) groups is 1. The molecule has 2 aromatic carbocycles. The Morgan fingerprint density at radius 3 is 2.13 bits per heavy atom. The van der Waals surface area contributed by atoms with E-state index >= 15 is 0 Å². The summed E-state index contributed by atoms with van der Waals surface area (Å²) in [5.74, 6) is -1.51. The second-order valence-corrected chi connectivity index (χ2v) is 8.49. The molecule has 0 spiro atoms. The highest BCUT2D eigenvalue weighted by Crippen LogP contribution is 2.44. The van der Waals surface area contributed by atoms with Gasteiger partial charge in [0.25, 0.3) is 0 Å². The zero-order valence-corrected chi connectivity index (χ0v) is 16.8. The molecule has 0 saturated carbocycles. The van der Waals surface area contributed by atoms with Crippen molar-refractivity contribution in [2.24, 2.45) is 5.41 Å². The highest BCUT2D eigenvalue weighted by Gasteiger charge is 2.55. The SMILES string of the molecule is CC12COC([C@H](CO)NC(=O)OCC3c4ccccc4-c4ccccc43)(OC1)OC2. The van der Waals surface area contributed by atoms with Crippen molar-refractivity contribution < 1.29 is 28.8 Å². The van der Waals surface area contributed by atoms with E-state index in [-0.39, 0.29) is 17.9 Å². The summed E-state index contributed by atoms with van der Waals surface area (Å²) in [6.45, 7) is 3.11. The molecule has 158 valence electrons. The summed E-state index contributed by atoms with van der Waals surface area (Å²) in [5, 5.41) is 12.5. The van der Waals surface area contributed by atoms with Crippen molar-refractivity contribution >= 4 is 6.09 Å². The van der Waals surface area contributed by atoms with Gasteiger partial charge >= 0.3 is 12.1 Å². The van der Waals surface area contributed by atoms with Crippen molar-refractivity contribution in [2.45, 2.75) is 24.9 Å². The average Bonchev–Trinajstić information content (AvgIpc) is 3.11. The number of fused-ring (bicyclic) bond motifs is 6. The quantitative estimate of drug-likeness (QED) is 0.787. The van der Waals surface area contributed by atoms with Crippen molar-refractivity contribution in [3.8, 4) is 11.1 Å². The van der Waals surface area contributed by atoms with Gasteiger partial charge < -0.3 is 29.4 Å². The lowest BCUT2D eigenvalue weighted by molar-refractivity contribution is -0.474. The number of hydrogen-bond acceptors (Lipinski definition) is 6. The molecule has 30 heavy (non-hydrogen) atoms. The number of amides is 1. The zero-order valence-electron chi connectivity index (χ0n) is 16.8. The monoisotopic (exact) mass is 411 g/mol. The Labute approximate surface area is 174 Å². The molecule has 3 fully saturated rings. The topological polar surface area (TPSA) is 86.3 Å². The number of aliphatic hydroxyl groups excluding tert-OH is 1. The fraction of sp³-hybridized carbons (Fsp3) is 0.435. The molecule has 1 atom stereocenters. The van der Waals surface area contributed by atoms with Crippen molar-refractivity contribution in [1.29, 1.82) is 0 Å². The molecule has 2 bridgehead atoms. The molecule has 2 aromatic rings. The lowest BCUT2D eigenvalue weighted by atomic mass is 9.91. The first kappa shape index (κ1) is 19.5. The van der Waals surface area contributed by atoms with E-state index in [1.165, 1.54) is 0 Å². The molecule has 1 amide bonds. The van der Waals surface area contributed by atoms with E-state index in [1.807, 2.05) is 31.2 Å². The number of benzene rings is 2. The first-order chi connectivity index (χ1) is 14.5. The van der Waals surface area contributed by atoms with Gasteiger partial charge in [-0.05, 0) is 22.3 Å². The van der Waals surface area contributed by atoms with E-state index < -0.39 is 24.7 Å². The number of aliphatic hydroxyl groups is 1. The van der Waals surface area contributed by atoms with Gasteiger partial charge in [-0.15, -0.1) is 0 Å². The molecule has 1 aliphatic carbocycles. The minimum atomic E-state index is -1.47. The largest absolute Gasteiger partial charge is 0.449 e. The number of hydrogen-bond donors (Lipinski definition) is 2. The Balaban J connectivity index is 1.27. The number of ether oxygens (including phenoxy) is 4. The van der Waals surface area contributed by atoms with Crippen LogP contribution in [0.3, 0.4) is 0 Å². The van der Waals surface area contributed by atoms with Crippen molar-refractivity contribution in [2.75, 3.05) is 33.0 Å².